The molecular formula is C20H22ClN3O3. The second kappa shape index (κ2) is 9.94. The molecule has 0 aliphatic carbocycles. The predicted molar refractivity (Wildman–Crippen MR) is 106 cm³/mol. The highest BCUT2D eigenvalue weighted by atomic mass is 35.5. The summed E-state index contributed by atoms with van der Waals surface area (Å²) in [7, 11) is 0. The van der Waals surface area contributed by atoms with Crippen LogP contribution in [0, 0.1) is 0 Å². The molecule has 7 heteroatoms. The van der Waals surface area contributed by atoms with Crippen molar-refractivity contribution in [1.82, 2.24) is 5.32 Å². The number of benzene rings is 2. The number of amides is 1. The van der Waals surface area contributed by atoms with E-state index >= 15 is 0 Å². The van der Waals surface area contributed by atoms with E-state index < -0.39 is 0 Å². The molecule has 3 rings (SSSR count). The van der Waals surface area contributed by atoms with E-state index in [0.29, 0.717) is 11.6 Å². The molecule has 1 amide bonds. The largest absolute Gasteiger partial charge is 0.386 e. The lowest BCUT2D eigenvalue weighted by Crippen LogP contribution is -2.36. The maximum Gasteiger partial charge on any atom is 0.261 e. The van der Waals surface area contributed by atoms with Crippen molar-refractivity contribution < 1.29 is 14.4 Å². The predicted octanol–water partition coefficient (Wildman–Crippen LogP) is 2.84. The van der Waals surface area contributed by atoms with Crippen molar-refractivity contribution in [3.05, 3.63) is 64.7 Å². The van der Waals surface area contributed by atoms with Gasteiger partial charge in [0.1, 0.15) is 0 Å². The highest BCUT2D eigenvalue weighted by molar-refractivity contribution is 6.30. The minimum Gasteiger partial charge on any atom is -0.386 e. The van der Waals surface area contributed by atoms with E-state index in [1.54, 1.807) is 18.3 Å². The van der Waals surface area contributed by atoms with E-state index in [0.717, 1.165) is 43.1 Å². The number of halogens is 1. The molecule has 1 N–H and O–H groups in total. The van der Waals surface area contributed by atoms with Gasteiger partial charge in [-0.1, -0.05) is 41.0 Å². The summed E-state index contributed by atoms with van der Waals surface area (Å²) >= 11 is 5.83. The molecule has 2 aromatic rings. The number of hydrogen-bond donors (Lipinski definition) is 1. The smallest absolute Gasteiger partial charge is 0.261 e. The molecule has 1 fully saturated rings. The number of hydrogen-bond acceptors (Lipinski definition) is 5. The van der Waals surface area contributed by atoms with Crippen LogP contribution in [0.3, 0.4) is 0 Å². The lowest BCUT2D eigenvalue weighted by Gasteiger charge is -2.28. The lowest BCUT2D eigenvalue weighted by atomic mass is 10.2. The Morgan fingerprint density at radius 1 is 1.15 bits per heavy atom. The molecule has 0 spiro atoms. The Bertz CT molecular complexity index is 757. The van der Waals surface area contributed by atoms with Crippen molar-refractivity contribution in [3.8, 4) is 0 Å². The molecule has 1 aliphatic rings. The van der Waals surface area contributed by atoms with Crippen LogP contribution in [-0.4, -0.2) is 45.0 Å². The van der Waals surface area contributed by atoms with Crippen LogP contribution >= 0.6 is 11.6 Å². The number of carbonyl (C=O) groups is 1. The van der Waals surface area contributed by atoms with Gasteiger partial charge < -0.3 is 19.8 Å². The number of ether oxygens (including phenoxy) is 1. The molecule has 0 saturated carbocycles. The van der Waals surface area contributed by atoms with Gasteiger partial charge in [-0.3, -0.25) is 4.79 Å². The van der Waals surface area contributed by atoms with Gasteiger partial charge in [-0.25, -0.2) is 0 Å². The Hall–Kier alpha value is -2.57. The van der Waals surface area contributed by atoms with Crippen molar-refractivity contribution >= 4 is 29.4 Å². The number of rotatable bonds is 7. The highest BCUT2D eigenvalue weighted by Gasteiger charge is 2.10. The zero-order valence-corrected chi connectivity index (χ0v) is 15.7. The summed E-state index contributed by atoms with van der Waals surface area (Å²) in [6.45, 7) is 3.62. The van der Waals surface area contributed by atoms with Crippen LogP contribution < -0.4 is 10.2 Å². The molecule has 142 valence electrons. The number of oxime groups is 1. The molecule has 6 nitrogen and oxygen atoms in total. The second-order valence-electron chi connectivity index (χ2n) is 6.10. The van der Waals surface area contributed by atoms with Crippen LogP contribution in [0.4, 0.5) is 5.69 Å². The van der Waals surface area contributed by atoms with Crippen molar-refractivity contribution in [2.45, 2.75) is 6.54 Å². The molecule has 0 bridgehead atoms. The third-order valence-corrected chi connectivity index (χ3v) is 4.40. The number of morpholine rings is 1. The Morgan fingerprint density at radius 3 is 2.56 bits per heavy atom. The summed E-state index contributed by atoms with van der Waals surface area (Å²) in [5.74, 6) is -0.232. The molecule has 1 aliphatic heterocycles. The molecule has 27 heavy (non-hydrogen) atoms. The van der Waals surface area contributed by atoms with Crippen LogP contribution in [0.1, 0.15) is 11.1 Å². The van der Waals surface area contributed by atoms with Crippen molar-refractivity contribution in [2.75, 3.05) is 37.8 Å². The second-order valence-corrected chi connectivity index (χ2v) is 6.54. The maximum atomic E-state index is 11.8. The third kappa shape index (κ3) is 6.27. The van der Waals surface area contributed by atoms with Crippen molar-refractivity contribution in [2.24, 2.45) is 5.16 Å². The van der Waals surface area contributed by atoms with Crippen LogP contribution in [0.5, 0.6) is 0 Å². The van der Waals surface area contributed by atoms with Gasteiger partial charge in [0.25, 0.3) is 5.91 Å². The van der Waals surface area contributed by atoms with E-state index in [1.807, 2.05) is 36.4 Å². The number of nitrogens with one attached hydrogen (secondary N) is 1. The highest BCUT2D eigenvalue weighted by Crippen LogP contribution is 2.16. The number of carbonyl (C=O) groups excluding carboxylic acids is 1. The monoisotopic (exact) mass is 387 g/mol. The first-order valence-electron chi connectivity index (χ1n) is 8.80. The summed E-state index contributed by atoms with van der Waals surface area (Å²) in [5, 5.41) is 7.29. The number of anilines is 1. The van der Waals surface area contributed by atoms with Gasteiger partial charge in [0, 0.05) is 30.3 Å². The topological polar surface area (TPSA) is 63.2 Å². The molecule has 0 radical (unpaired) electrons. The van der Waals surface area contributed by atoms with E-state index in [4.69, 9.17) is 21.2 Å². The van der Waals surface area contributed by atoms with Gasteiger partial charge in [-0.2, -0.15) is 0 Å². The summed E-state index contributed by atoms with van der Waals surface area (Å²) < 4.78 is 5.36. The SMILES string of the molecule is O=C(CON=Cc1ccc(N2CCOCC2)cc1)NCc1ccc(Cl)cc1. The fourth-order valence-electron chi connectivity index (χ4n) is 2.64. The molecule has 1 saturated heterocycles. The molecular weight excluding hydrogens is 366 g/mol. The first-order valence-corrected chi connectivity index (χ1v) is 9.18. The zero-order valence-electron chi connectivity index (χ0n) is 14.9. The Balaban J connectivity index is 1.38. The van der Waals surface area contributed by atoms with Gasteiger partial charge in [-0.15, -0.1) is 0 Å². The molecule has 2 aromatic carbocycles. The van der Waals surface area contributed by atoms with Crippen LogP contribution in [0.2, 0.25) is 5.02 Å². The van der Waals surface area contributed by atoms with Gasteiger partial charge in [0.2, 0.25) is 0 Å². The van der Waals surface area contributed by atoms with E-state index in [-0.39, 0.29) is 12.5 Å². The Morgan fingerprint density at radius 2 is 1.85 bits per heavy atom. The molecule has 0 aromatic heterocycles. The number of nitrogens with zero attached hydrogens (tertiary/aromatic N) is 2. The van der Waals surface area contributed by atoms with E-state index in [1.165, 1.54) is 0 Å². The molecule has 1 heterocycles. The van der Waals surface area contributed by atoms with Gasteiger partial charge in [0.05, 0.1) is 19.4 Å². The normalized spacial score (nSPS) is 14.3. The molecule has 0 atom stereocenters. The average Bonchev–Trinajstić information content (AvgIpc) is 2.72. The minimum atomic E-state index is -0.232. The summed E-state index contributed by atoms with van der Waals surface area (Å²) in [5.41, 5.74) is 3.04. The van der Waals surface area contributed by atoms with Gasteiger partial charge in [0.15, 0.2) is 6.61 Å². The summed E-state index contributed by atoms with van der Waals surface area (Å²) in [4.78, 5) is 19.1. The lowest BCUT2D eigenvalue weighted by molar-refractivity contribution is -0.125. The zero-order chi connectivity index (χ0) is 18.9. The van der Waals surface area contributed by atoms with Crippen LogP contribution in [0.15, 0.2) is 53.7 Å². The maximum absolute atomic E-state index is 11.8. The fraction of sp³-hybridized carbons (Fsp3) is 0.300. The fourth-order valence-corrected chi connectivity index (χ4v) is 2.77. The Kier molecular flexibility index (Phi) is 7.07. The minimum absolute atomic E-state index is 0.129. The van der Waals surface area contributed by atoms with Crippen LogP contribution in [-0.2, 0) is 20.9 Å². The van der Waals surface area contributed by atoms with E-state index in [9.17, 15) is 4.79 Å². The van der Waals surface area contributed by atoms with Crippen molar-refractivity contribution in [1.29, 1.82) is 0 Å². The van der Waals surface area contributed by atoms with Crippen molar-refractivity contribution in [3.63, 3.8) is 0 Å². The average molecular weight is 388 g/mol. The summed E-state index contributed by atoms with van der Waals surface area (Å²) in [6, 6.07) is 15.3. The first-order chi connectivity index (χ1) is 13.2. The third-order valence-electron chi connectivity index (χ3n) is 4.14. The summed E-state index contributed by atoms with van der Waals surface area (Å²) in [6.07, 6.45) is 1.59. The van der Waals surface area contributed by atoms with E-state index in [2.05, 4.69) is 15.4 Å². The standard InChI is InChI=1S/C20H22ClN3O3/c21-18-5-1-16(2-6-18)13-22-20(25)15-27-23-14-17-3-7-19(8-4-17)24-9-11-26-12-10-24/h1-8,14H,9-13,15H2,(H,22,25). The van der Waals surface area contributed by atoms with Crippen LogP contribution in [0.25, 0.3) is 0 Å². The van der Waals surface area contributed by atoms with Gasteiger partial charge in [-0.05, 0) is 35.4 Å². The van der Waals surface area contributed by atoms with Gasteiger partial charge >= 0.3 is 0 Å². The molecule has 0 unspecified atom stereocenters. The Labute approximate surface area is 163 Å². The quantitative estimate of drug-likeness (QED) is 0.586. The first kappa shape index (κ1) is 19.2.